The molecule has 0 bridgehead atoms. The van der Waals surface area contributed by atoms with Gasteiger partial charge in [-0.05, 0) is 30.9 Å². The third-order valence-corrected chi connectivity index (χ3v) is 4.22. The second-order valence-electron chi connectivity index (χ2n) is 5.89. The summed E-state index contributed by atoms with van der Waals surface area (Å²) < 4.78 is 9.92. The summed E-state index contributed by atoms with van der Waals surface area (Å²) in [7, 11) is 1.46. The minimum absolute atomic E-state index is 0.00429. The van der Waals surface area contributed by atoms with Crippen molar-refractivity contribution in [1.82, 2.24) is 5.32 Å². The first-order valence-electron chi connectivity index (χ1n) is 7.84. The van der Waals surface area contributed by atoms with E-state index < -0.39 is 5.97 Å². The molecule has 2 N–H and O–H groups in total. The second kappa shape index (κ2) is 7.85. The van der Waals surface area contributed by atoms with Crippen molar-refractivity contribution in [3.05, 3.63) is 23.8 Å². The van der Waals surface area contributed by atoms with Gasteiger partial charge in [0.25, 0.3) is 5.91 Å². The van der Waals surface area contributed by atoms with Gasteiger partial charge >= 0.3 is 5.97 Å². The van der Waals surface area contributed by atoms with E-state index in [1.54, 1.807) is 6.07 Å². The Morgan fingerprint density at radius 2 is 2.04 bits per heavy atom. The van der Waals surface area contributed by atoms with E-state index >= 15 is 0 Å². The molecule has 2 rings (SSSR count). The number of benzene rings is 1. The summed E-state index contributed by atoms with van der Waals surface area (Å²) in [4.78, 5) is 23.8. The van der Waals surface area contributed by atoms with E-state index in [0.29, 0.717) is 11.7 Å². The van der Waals surface area contributed by atoms with Crippen LogP contribution in [0.2, 0.25) is 0 Å². The summed E-state index contributed by atoms with van der Waals surface area (Å²) in [5.74, 6) is -0.421. The Kier molecular flexibility index (Phi) is 5.84. The first kappa shape index (κ1) is 17.1. The van der Waals surface area contributed by atoms with E-state index in [0.717, 1.165) is 19.3 Å². The normalized spacial score (nSPS) is 20.6. The molecule has 0 aromatic heterocycles. The molecule has 0 unspecified atom stereocenters. The maximum absolute atomic E-state index is 11.9. The van der Waals surface area contributed by atoms with Crippen LogP contribution >= 0.6 is 0 Å². The van der Waals surface area contributed by atoms with E-state index in [1.807, 2.05) is 0 Å². The molecule has 23 heavy (non-hydrogen) atoms. The van der Waals surface area contributed by atoms with Gasteiger partial charge in [-0.2, -0.15) is 0 Å². The van der Waals surface area contributed by atoms with Gasteiger partial charge in [0.05, 0.1) is 7.11 Å². The Labute approximate surface area is 135 Å². The largest absolute Gasteiger partial charge is 0.507 e. The molecule has 0 saturated heterocycles. The summed E-state index contributed by atoms with van der Waals surface area (Å²) in [5, 5.41) is 12.7. The molecule has 2 atom stereocenters. The fourth-order valence-electron chi connectivity index (χ4n) is 2.80. The number of esters is 1. The quantitative estimate of drug-likeness (QED) is 0.813. The number of rotatable bonds is 5. The van der Waals surface area contributed by atoms with Gasteiger partial charge in [0.15, 0.2) is 6.61 Å². The third-order valence-electron chi connectivity index (χ3n) is 4.22. The van der Waals surface area contributed by atoms with Crippen LogP contribution in [0.5, 0.6) is 11.5 Å². The maximum Gasteiger partial charge on any atom is 0.342 e. The lowest BCUT2D eigenvalue weighted by Gasteiger charge is -2.29. The lowest BCUT2D eigenvalue weighted by molar-refractivity contribution is -0.125. The summed E-state index contributed by atoms with van der Waals surface area (Å²) in [6.07, 6.45) is 4.36. The van der Waals surface area contributed by atoms with E-state index in [-0.39, 0.29) is 29.9 Å². The van der Waals surface area contributed by atoms with Crippen molar-refractivity contribution < 1.29 is 24.2 Å². The highest BCUT2D eigenvalue weighted by Gasteiger charge is 2.23. The lowest BCUT2D eigenvalue weighted by atomic mass is 9.86. The Hall–Kier alpha value is -2.24. The van der Waals surface area contributed by atoms with Gasteiger partial charge in [0, 0.05) is 12.1 Å². The fraction of sp³-hybridized carbons (Fsp3) is 0.529. The summed E-state index contributed by atoms with van der Waals surface area (Å²) >= 11 is 0. The van der Waals surface area contributed by atoms with Gasteiger partial charge in [-0.3, -0.25) is 4.79 Å². The molecule has 1 aromatic carbocycles. The average Bonchev–Trinajstić information content (AvgIpc) is 2.54. The van der Waals surface area contributed by atoms with Crippen molar-refractivity contribution >= 4 is 11.9 Å². The van der Waals surface area contributed by atoms with Crippen LogP contribution in [0, 0.1) is 5.92 Å². The highest BCUT2D eigenvalue weighted by atomic mass is 16.5. The zero-order valence-electron chi connectivity index (χ0n) is 13.5. The lowest BCUT2D eigenvalue weighted by Crippen LogP contribution is -2.42. The number of hydrogen-bond acceptors (Lipinski definition) is 5. The van der Waals surface area contributed by atoms with Crippen LogP contribution in [-0.4, -0.2) is 36.7 Å². The number of carbonyl (C=O) groups excluding carboxylic acids is 2. The molecule has 126 valence electrons. The minimum atomic E-state index is -0.739. The molecule has 1 saturated carbocycles. The van der Waals surface area contributed by atoms with E-state index in [4.69, 9.17) is 9.47 Å². The molecule has 0 heterocycles. The van der Waals surface area contributed by atoms with Crippen LogP contribution in [0.1, 0.15) is 43.0 Å². The molecule has 0 radical (unpaired) electrons. The summed E-state index contributed by atoms with van der Waals surface area (Å²) in [5.41, 5.74) is 0.00429. The Bertz CT molecular complexity index is 572. The van der Waals surface area contributed by atoms with Crippen molar-refractivity contribution in [2.24, 2.45) is 5.92 Å². The SMILES string of the molecule is COc1ccc(C(=O)OCC(=O)N[C@H]2CCCC[C@@H]2C)c(O)c1. The van der Waals surface area contributed by atoms with Gasteiger partial charge < -0.3 is 19.9 Å². The molecule has 6 nitrogen and oxygen atoms in total. The highest BCUT2D eigenvalue weighted by Crippen LogP contribution is 2.25. The van der Waals surface area contributed by atoms with Gasteiger partial charge in [-0.15, -0.1) is 0 Å². The average molecular weight is 321 g/mol. The molecule has 1 fully saturated rings. The molecule has 0 aliphatic heterocycles. The van der Waals surface area contributed by atoms with Crippen LogP contribution in [0.3, 0.4) is 0 Å². The zero-order valence-corrected chi connectivity index (χ0v) is 13.5. The van der Waals surface area contributed by atoms with Crippen molar-refractivity contribution in [3.8, 4) is 11.5 Å². The number of carbonyl (C=O) groups is 2. The summed E-state index contributed by atoms with van der Waals surface area (Å²) in [6, 6.07) is 4.40. The molecule has 0 spiro atoms. The first-order chi connectivity index (χ1) is 11.0. The number of phenolic OH excluding ortho intramolecular Hbond substituents is 1. The number of hydrogen-bond donors (Lipinski definition) is 2. The highest BCUT2D eigenvalue weighted by molar-refractivity contribution is 5.94. The standard InChI is InChI=1S/C17H23NO5/c1-11-5-3-4-6-14(11)18-16(20)10-23-17(21)13-8-7-12(22-2)9-15(13)19/h7-9,11,14,19H,3-6,10H2,1-2H3,(H,18,20)/t11-,14-/m0/s1. The number of amides is 1. The van der Waals surface area contributed by atoms with Gasteiger partial charge in [-0.1, -0.05) is 19.8 Å². The van der Waals surface area contributed by atoms with E-state index in [9.17, 15) is 14.7 Å². The maximum atomic E-state index is 11.9. The van der Waals surface area contributed by atoms with E-state index in [2.05, 4.69) is 12.2 Å². The molecule has 1 amide bonds. The van der Waals surface area contributed by atoms with Crippen LogP contribution < -0.4 is 10.1 Å². The van der Waals surface area contributed by atoms with Crippen LogP contribution in [0.25, 0.3) is 0 Å². The molecule has 1 aliphatic rings. The third kappa shape index (κ3) is 4.61. The van der Waals surface area contributed by atoms with Gasteiger partial charge in [0.1, 0.15) is 17.1 Å². The minimum Gasteiger partial charge on any atom is -0.507 e. The Balaban J connectivity index is 1.85. The number of nitrogens with one attached hydrogen (secondary N) is 1. The molecule has 1 aromatic rings. The molecular weight excluding hydrogens is 298 g/mol. The van der Waals surface area contributed by atoms with Gasteiger partial charge in [0.2, 0.25) is 0 Å². The fourth-order valence-corrected chi connectivity index (χ4v) is 2.80. The van der Waals surface area contributed by atoms with Crippen LogP contribution in [0.15, 0.2) is 18.2 Å². The summed E-state index contributed by atoms with van der Waals surface area (Å²) in [6.45, 7) is 1.76. The smallest absolute Gasteiger partial charge is 0.342 e. The second-order valence-corrected chi connectivity index (χ2v) is 5.89. The van der Waals surface area contributed by atoms with Crippen molar-refractivity contribution in [2.45, 2.75) is 38.6 Å². The molecule has 1 aliphatic carbocycles. The number of methoxy groups -OCH3 is 1. The monoisotopic (exact) mass is 321 g/mol. The number of ether oxygens (including phenoxy) is 2. The van der Waals surface area contributed by atoms with Gasteiger partial charge in [-0.25, -0.2) is 4.79 Å². The zero-order chi connectivity index (χ0) is 16.8. The van der Waals surface area contributed by atoms with Crippen molar-refractivity contribution in [2.75, 3.05) is 13.7 Å². The van der Waals surface area contributed by atoms with Crippen molar-refractivity contribution in [3.63, 3.8) is 0 Å². The molecular formula is C17H23NO5. The Morgan fingerprint density at radius 1 is 1.30 bits per heavy atom. The van der Waals surface area contributed by atoms with Crippen molar-refractivity contribution in [1.29, 1.82) is 0 Å². The van der Waals surface area contributed by atoms with Crippen LogP contribution in [0.4, 0.5) is 0 Å². The predicted molar refractivity (Wildman–Crippen MR) is 84.5 cm³/mol. The Morgan fingerprint density at radius 3 is 2.70 bits per heavy atom. The first-order valence-corrected chi connectivity index (χ1v) is 7.84. The predicted octanol–water partition coefficient (Wildman–Crippen LogP) is 2.25. The van der Waals surface area contributed by atoms with Crippen LogP contribution in [-0.2, 0) is 9.53 Å². The molecule has 6 heteroatoms. The topological polar surface area (TPSA) is 84.9 Å². The van der Waals surface area contributed by atoms with E-state index in [1.165, 1.54) is 25.7 Å². The number of aromatic hydroxyl groups is 1. The number of phenols is 1.